The molecule has 0 aromatic carbocycles. The summed E-state index contributed by atoms with van der Waals surface area (Å²) in [6.45, 7) is 2.50. The van der Waals surface area contributed by atoms with E-state index in [1.807, 2.05) is 0 Å². The number of carbonyl (C=O) groups excluding carboxylic acids is 2. The molecular weight excluding hydrogens is 310 g/mol. The number of carbonyl (C=O) groups is 2. The second-order valence-electron chi connectivity index (χ2n) is 5.64. The van der Waals surface area contributed by atoms with Crippen molar-refractivity contribution in [1.82, 2.24) is 15.1 Å². The van der Waals surface area contributed by atoms with Gasteiger partial charge in [-0.1, -0.05) is 0 Å². The van der Waals surface area contributed by atoms with Crippen LogP contribution in [0.4, 0.5) is 4.79 Å². The van der Waals surface area contributed by atoms with Crippen LogP contribution in [0.3, 0.4) is 0 Å². The van der Waals surface area contributed by atoms with Crippen LogP contribution in [0.2, 0.25) is 0 Å². The molecule has 0 aromatic rings. The van der Waals surface area contributed by atoms with Crippen molar-refractivity contribution in [3.05, 3.63) is 0 Å². The first-order chi connectivity index (χ1) is 10.4. The van der Waals surface area contributed by atoms with Crippen molar-refractivity contribution in [2.45, 2.75) is 18.9 Å². The van der Waals surface area contributed by atoms with E-state index >= 15 is 0 Å². The molecule has 2 saturated heterocycles. The molecule has 8 nitrogen and oxygen atoms in total. The first kappa shape index (κ1) is 17.0. The van der Waals surface area contributed by atoms with E-state index in [1.54, 1.807) is 4.90 Å². The molecule has 2 aliphatic rings. The van der Waals surface area contributed by atoms with Crippen molar-refractivity contribution >= 4 is 21.8 Å². The van der Waals surface area contributed by atoms with Gasteiger partial charge in [-0.2, -0.15) is 0 Å². The Morgan fingerprint density at radius 3 is 2.27 bits per heavy atom. The van der Waals surface area contributed by atoms with Crippen molar-refractivity contribution in [2.24, 2.45) is 0 Å². The number of piperazine rings is 1. The largest absolute Gasteiger partial charge is 0.468 e. The highest BCUT2D eigenvalue weighted by Gasteiger charge is 2.30. The lowest BCUT2D eigenvalue weighted by atomic mass is 10.1. The Bertz CT molecular complexity index is 500. The molecule has 0 spiro atoms. The number of sulfone groups is 1. The average Bonchev–Trinajstić information content (AvgIpc) is 2.52. The van der Waals surface area contributed by atoms with E-state index in [0.29, 0.717) is 32.0 Å². The average molecular weight is 333 g/mol. The van der Waals surface area contributed by atoms with Crippen LogP contribution < -0.4 is 5.32 Å². The molecule has 2 amide bonds. The van der Waals surface area contributed by atoms with Gasteiger partial charge >= 0.3 is 12.0 Å². The Kier molecular flexibility index (Phi) is 5.63. The first-order valence-electron chi connectivity index (χ1n) is 7.45. The van der Waals surface area contributed by atoms with Gasteiger partial charge in [0.1, 0.15) is 16.4 Å². The number of esters is 1. The van der Waals surface area contributed by atoms with Gasteiger partial charge in [-0.15, -0.1) is 0 Å². The van der Waals surface area contributed by atoms with Crippen LogP contribution in [-0.2, 0) is 19.4 Å². The van der Waals surface area contributed by atoms with Crippen LogP contribution in [0.5, 0.6) is 0 Å². The second kappa shape index (κ2) is 7.28. The van der Waals surface area contributed by atoms with Gasteiger partial charge in [-0.3, -0.25) is 9.69 Å². The number of rotatable bonds is 3. The Labute approximate surface area is 130 Å². The summed E-state index contributed by atoms with van der Waals surface area (Å²) in [6.07, 6.45) is 1.35. The summed E-state index contributed by atoms with van der Waals surface area (Å²) in [4.78, 5) is 26.8. The number of nitrogens with one attached hydrogen (secondary N) is 1. The predicted octanol–water partition coefficient (Wildman–Crippen LogP) is -0.936. The highest BCUT2D eigenvalue weighted by molar-refractivity contribution is 7.91. The van der Waals surface area contributed by atoms with Gasteiger partial charge < -0.3 is 15.0 Å². The maximum Gasteiger partial charge on any atom is 0.325 e. The van der Waals surface area contributed by atoms with E-state index < -0.39 is 15.8 Å². The minimum atomic E-state index is -2.84. The highest BCUT2D eigenvalue weighted by atomic mass is 32.2. The summed E-state index contributed by atoms with van der Waals surface area (Å²) in [5.74, 6) is 0.0463. The van der Waals surface area contributed by atoms with E-state index in [0.717, 1.165) is 13.1 Å². The van der Waals surface area contributed by atoms with Crippen LogP contribution >= 0.6 is 0 Å². The maximum atomic E-state index is 11.9. The van der Waals surface area contributed by atoms with Gasteiger partial charge in [-0.05, 0) is 12.8 Å². The Morgan fingerprint density at radius 2 is 1.73 bits per heavy atom. The van der Waals surface area contributed by atoms with E-state index in [1.165, 1.54) is 7.11 Å². The topological polar surface area (TPSA) is 96.0 Å². The fourth-order valence-electron chi connectivity index (χ4n) is 2.86. The third-order valence-corrected chi connectivity index (χ3v) is 5.97. The second-order valence-corrected chi connectivity index (χ2v) is 7.94. The summed E-state index contributed by atoms with van der Waals surface area (Å²) in [6, 6.07) is 0.0278. The van der Waals surface area contributed by atoms with Gasteiger partial charge in [0.25, 0.3) is 0 Å². The van der Waals surface area contributed by atoms with Crippen LogP contribution in [0.1, 0.15) is 12.8 Å². The Morgan fingerprint density at radius 1 is 1.14 bits per heavy atom. The maximum absolute atomic E-state index is 11.9. The molecule has 2 aliphatic heterocycles. The lowest BCUT2D eigenvalue weighted by Gasteiger charge is -2.40. The van der Waals surface area contributed by atoms with E-state index in [2.05, 4.69) is 15.0 Å². The number of nitrogens with zero attached hydrogens (tertiary/aromatic N) is 2. The number of hydrogen-bond acceptors (Lipinski definition) is 6. The van der Waals surface area contributed by atoms with Gasteiger partial charge in [0.05, 0.1) is 18.6 Å². The fourth-order valence-corrected chi connectivity index (χ4v) is 4.33. The number of methoxy groups -OCH3 is 1. The number of urea groups is 1. The zero-order chi connectivity index (χ0) is 16.2. The SMILES string of the molecule is COC(=O)CNC(=O)N1CCN(C2CCS(=O)(=O)CC2)CC1. The summed E-state index contributed by atoms with van der Waals surface area (Å²) in [5, 5.41) is 2.52. The molecule has 0 aromatic heterocycles. The van der Waals surface area contributed by atoms with Crippen molar-refractivity contribution in [3.63, 3.8) is 0 Å². The lowest BCUT2D eigenvalue weighted by molar-refractivity contribution is -0.139. The molecule has 2 heterocycles. The molecule has 22 heavy (non-hydrogen) atoms. The third-order valence-electron chi connectivity index (χ3n) is 4.25. The zero-order valence-corrected chi connectivity index (χ0v) is 13.6. The Hall–Kier alpha value is -1.35. The minimum Gasteiger partial charge on any atom is -0.468 e. The van der Waals surface area contributed by atoms with Gasteiger partial charge in [0.2, 0.25) is 0 Å². The molecule has 0 atom stereocenters. The molecule has 0 aliphatic carbocycles. The smallest absolute Gasteiger partial charge is 0.325 e. The molecule has 9 heteroatoms. The quantitative estimate of drug-likeness (QED) is 0.670. The summed E-state index contributed by atoms with van der Waals surface area (Å²) in [7, 11) is -1.57. The van der Waals surface area contributed by atoms with Crippen LogP contribution in [0.15, 0.2) is 0 Å². The summed E-state index contributed by atoms with van der Waals surface area (Å²) < 4.78 is 27.4. The van der Waals surface area contributed by atoms with Crippen LogP contribution in [-0.4, -0.2) is 87.6 Å². The normalized spacial score (nSPS) is 23.0. The van der Waals surface area contributed by atoms with Crippen molar-refractivity contribution < 1.29 is 22.7 Å². The third kappa shape index (κ3) is 4.57. The molecule has 2 rings (SSSR count). The van der Waals surface area contributed by atoms with Crippen LogP contribution in [0, 0.1) is 0 Å². The van der Waals surface area contributed by atoms with E-state index in [-0.39, 0.29) is 24.1 Å². The van der Waals surface area contributed by atoms with E-state index in [9.17, 15) is 18.0 Å². The number of amides is 2. The van der Waals surface area contributed by atoms with Gasteiger partial charge in [0.15, 0.2) is 0 Å². The van der Waals surface area contributed by atoms with Gasteiger partial charge in [0, 0.05) is 32.2 Å². The van der Waals surface area contributed by atoms with Crippen molar-refractivity contribution in [2.75, 3.05) is 51.3 Å². The van der Waals surface area contributed by atoms with Crippen molar-refractivity contribution in [3.8, 4) is 0 Å². The predicted molar refractivity (Wildman–Crippen MR) is 80.2 cm³/mol. The molecule has 2 fully saturated rings. The standard InChI is InChI=1S/C13H23N3O5S/c1-21-12(17)10-14-13(18)16-6-4-15(5-7-16)11-2-8-22(19,20)9-3-11/h11H,2-10H2,1H3,(H,14,18). The van der Waals surface area contributed by atoms with E-state index in [4.69, 9.17) is 0 Å². The van der Waals surface area contributed by atoms with Crippen LogP contribution in [0.25, 0.3) is 0 Å². The monoisotopic (exact) mass is 333 g/mol. The molecule has 0 bridgehead atoms. The van der Waals surface area contributed by atoms with Crippen molar-refractivity contribution in [1.29, 1.82) is 0 Å². The zero-order valence-electron chi connectivity index (χ0n) is 12.8. The minimum absolute atomic E-state index is 0.129. The first-order valence-corrected chi connectivity index (χ1v) is 9.27. The summed E-state index contributed by atoms with van der Waals surface area (Å²) in [5.41, 5.74) is 0. The molecular formula is C13H23N3O5S. The fraction of sp³-hybridized carbons (Fsp3) is 0.846. The van der Waals surface area contributed by atoms with Gasteiger partial charge in [-0.25, -0.2) is 13.2 Å². The molecule has 0 saturated carbocycles. The molecule has 1 N–H and O–H groups in total. The molecule has 0 unspecified atom stereocenters. The molecule has 0 radical (unpaired) electrons. The number of ether oxygens (including phenoxy) is 1. The highest BCUT2D eigenvalue weighted by Crippen LogP contribution is 2.19. The Balaban J connectivity index is 1.74. The molecule has 126 valence electrons. The summed E-state index contributed by atoms with van der Waals surface area (Å²) >= 11 is 0. The number of hydrogen-bond donors (Lipinski definition) is 1. The lowest BCUT2D eigenvalue weighted by Crippen LogP contribution is -2.55.